The monoisotopic (exact) mass is 289 g/mol. The van der Waals surface area contributed by atoms with E-state index in [2.05, 4.69) is 15.5 Å². The lowest BCUT2D eigenvalue weighted by Gasteiger charge is -2.06. The van der Waals surface area contributed by atoms with Crippen molar-refractivity contribution in [3.63, 3.8) is 0 Å². The Morgan fingerprint density at radius 2 is 2.10 bits per heavy atom. The van der Waals surface area contributed by atoms with Gasteiger partial charge < -0.3 is 4.74 Å². The van der Waals surface area contributed by atoms with Crippen molar-refractivity contribution >= 4 is 23.7 Å². The molecule has 0 atom stereocenters. The van der Waals surface area contributed by atoms with Gasteiger partial charge in [0.2, 0.25) is 0 Å². The van der Waals surface area contributed by atoms with Gasteiger partial charge in [-0.1, -0.05) is 29.8 Å². The normalized spacial score (nSPS) is 10.4. The minimum Gasteiger partial charge on any atom is -0.482 e. The van der Waals surface area contributed by atoms with Gasteiger partial charge in [0.25, 0.3) is 5.91 Å². The van der Waals surface area contributed by atoms with Gasteiger partial charge in [-0.15, -0.1) is 0 Å². The third-order valence-corrected chi connectivity index (χ3v) is 2.58. The summed E-state index contributed by atoms with van der Waals surface area (Å²) in [6.45, 7) is -0.163. The number of carbonyl (C=O) groups excluding carboxylic acids is 1. The molecule has 0 aliphatic rings. The Hall–Kier alpha value is -2.40. The Morgan fingerprint density at radius 1 is 1.30 bits per heavy atom. The zero-order valence-electron chi connectivity index (χ0n) is 10.5. The zero-order valence-corrected chi connectivity index (χ0v) is 11.2. The van der Waals surface area contributed by atoms with Crippen LogP contribution in [0.15, 0.2) is 53.8 Å². The molecular weight excluding hydrogens is 278 g/mol. The number of carbonyl (C=O) groups is 1. The molecule has 1 aromatic heterocycles. The van der Waals surface area contributed by atoms with E-state index >= 15 is 0 Å². The molecule has 0 radical (unpaired) electrons. The highest BCUT2D eigenvalue weighted by atomic mass is 35.5. The van der Waals surface area contributed by atoms with E-state index in [1.165, 1.54) is 6.21 Å². The lowest BCUT2D eigenvalue weighted by molar-refractivity contribution is -0.123. The van der Waals surface area contributed by atoms with Crippen LogP contribution in [-0.2, 0) is 4.79 Å². The predicted molar refractivity (Wildman–Crippen MR) is 76.9 cm³/mol. The highest BCUT2D eigenvalue weighted by Crippen LogP contribution is 2.22. The Labute approximate surface area is 121 Å². The first-order valence-corrected chi connectivity index (χ1v) is 6.24. The molecule has 1 N–H and O–H groups in total. The molecule has 5 nitrogen and oxygen atoms in total. The van der Waals surface area contributed by atoms with E-state index in [-0.39, 0.29) is 12.5 Å². The molecule has 6 heteroatoms. The molecule has 0 spiro atoms. The van der Waals surface area contributed by atoms with E-state index in [0.717, 1.165) is 0 Å². The molecule has 0 saturated heterocycles. The molecule has 0 aliphatic carbocycles. The van der Waals surface area contributed by atoms with Crippen molar-refractivity contribution in [3.8, 4) is 5.75 Å². The van der Waals surface area contributed by atoms with Crippen LogP contribution in [0.25, 0.3) is 0 Å². The van der Waals surface area contributed by atoms with Crippen molar-refractivity contribution in [2.45, 2.75) is 0 Å². The molecule has 2 aromatic rings. The predicted octanol–water partition coefficient (Wildman–Crippen LogP) is 2.26. The minimum absolute atomic E-state index is 0.163. The Kier molecular flexibility index (Phi) is 5.08. The van der Waals surface area contributed by atoms with Gasteiger partial charge >= 0.3 is 0 Å². The maximum Gasteiger partial charge on any atom is 0.277 e. The van der Waals surface area contributed by atoms with Crippen molar-refractivity contribution in [2.75, 3.05) is 6.61 Å². The lowest BCUT2D eigenvalue weighted by atomic mass is 10.3. The van der Waals surface area contributed by atoms with Crippen molar-refractivity contribution < 1.29 is 9.53 Å². The number of para-hydroxylation sites is 1. The second-order valence-electron chi connectivity index (χ2n) is 3.77. The van der Waals surface area contributed by atoms with Crippen LogP contribution in [0.1, 0.15) is 5.69 Å². The Morgan fingerprint density at radius 3 is 2.85 bits per heavy atom. The van der Waals surface area contributed by atoms with E-state index in [9.17, 15) is 4.79 Å². The van der Waals surface area contributed by atoms with Gasteiger partial charge in [-0.2, -0.15) is 5.10 Å². The number of rotatable bonds is 5. The van der Waals surface area contributed by atoms with Gasteiger partial charge in [0.15, 0.2) is 6.61 Å². The lowest BCUT2D eigenvalue weighted by Crippen LogP contribution is -2.24. The Balaban J connectivity index is 1.79. The fourth-order valence-electron chi connectivity index (χ4n) is 1.36. The van der Waals surface area contributed by atoms with Gasteiger partial charge in [0.05, 0.1) is 16.9 Å². The van der Waals surface area contributed by atoms with Crippen molar-refractivity contribution in [1.82, 2.24) is 10.4 Å². The number of benzene rings is 1. The van der Waals surface area contributed by atoms with Crippen LogP contribution in [0, 0.1) is 0 Å². The number of nitrogens with one attached hydrogen (secondary N) is 1. The fourth-order valence-corrected chi connectivity index (χ4v) is 1.55. The summed E-state index contributed by atoms with van der Waals surface area (Å²) in [6, 6.07) is 12.3. The standard InChI is InChI=1S/C14H12ClN3O2/c15-12-6-1-2-7-13(12)20-10-14(19)18-17-9-11-5-3-4-8-16-11/h1-9H,10H2,(H,18,19)/b17-9-. The fraction of sp³-hybridized carbons (Fsp3) is 0.0714. The molecule has 0 unspecified atom stereocenters. The van der Waals surface area contributed by atoms with Crippen LogP contribution in [0.2, 0.25) is 5.02 Å². The number of hydrogen-bond donors (Lipinski definition) is 1. The average Bonchev–Trinajstić information content (AvgIpc) is 2.47. The van der Waals surface area contributed by atoms with Gasteiger partial charge in [-0.05, 0) is 24.3 Å². The molecule has 0 aliphatic heterocycles. The summed E-state index contributed by atoms with van der Waals surface area (Å²) in [5, 5.41) is 4.23. The van der Waals surface area contributed by atoms with Crippen LogP contribution in [0.5, 0.6) is 5.75 Å². The summed E-state index contributed by atoms with van der Waals surface area (Å²) in [4.78, 5) is 15.5. The van der Waals surface area contributed by atoms with E-state index < -0.39 is 0 Å². The first-order chi connectivity index (χ1) is 9.75. The van der Waals surface area contributed by atoms with Crippen LogP contribution >= 0.6 is 11.6 Å². The second kappa shape index (κ2) is 7.25. The summed E-state index contributed by atoms with van der Waals surface area (Å²) >= 11 is 5.90. The van der Waals surface area contributed by atoms with Crippen LogP contribution in [-0.4, -0.2) is 23.7 Å². The maximum atomic E-state index is 11.5. The van der Waals surface area contributed by atoms with Crippen molar-refractivity contribution in [1.29, 1.82) is 0 Å². The zero-order chi connectivity index (χ0) is 14.2. The largest absolute Gasteiger partial charge is 0.482 e. The van der Waals surface area contributed by atoms with E-state index in [4.69, 9.17) is 16.3 Å². The minimum atomic E-state index is -0.378. The third-order valence-electron chi connectivity index (χ3n) is 2.27. The van der Waals surface area contributed by atoms with Gasteiger partial charge in [0.1, 0.15) is 5.75 Å². The molecule has 1 amide bonds. The Bertz CT molecular complexity index is 602. The molecule has 102 valence electrons. The number of halogens is 1. The summed E-state index contributed by atoms with van der Waals surface area (Å²) in [7, 11) is 0. The summed E-state index contributed by atoms with van der Waals surface area (Å²) in [5.41, 5.74) is 3.00. The quantitative estimate of drug-likeness (QED) is 0.678. The van der Waals surface area contributed by atoms with Crippen LogP contribution in [0.3, 0.4) is 0 Å². The molecule has 0 fully saturated rings. The smallest absolute Gasteiger partial charge is 0.277 e. The first-order valence-electron chi connectivity index (χ1n) is 5.86. The summed E-state index contributed by atoms with van der Waals surface area (Å²) < 4.78 is 5.27. The number of aromatic nitrogens is 1. The SMILES string of the molecule is O=C(COc1ccccc1Cl)N/N=C\c1ccccn1. The maximum absolute atomic E-state index is 11.5. The summed E-state index contributed by atoms with van der Waals surface area (Å²) in [6.07, 6.45) is 3.09. The van der Waals surface area contributed by atoms with Crippen molar-refractivity contribution in [3.05, 3.63) is 59.4 Å². The third kappa shape index (κ3) is 4.37. The first kappa shape index (κ1) is 14.0. The molecule has 2 rings (SSSR count). The average molecular weight is 290 g/mol. The number of hydrogen-bond acceptors (Lipinski definition) is 4. The molecule has 0 saturated carbocycles. The van der Waals surface area contributed by atoms with E-state index in [0.29, 0.717) is 16.5 Å². The van der Waals surface area contributed by atoms with E-state index in [1.807, 2.05) is 6.07 Å². The molecule has 20 heavy (non-hydrogen) atoms. The topological polar surface area (TPSA) is 63.6 Å². The molecule has 1 aromatic carbocycles. The van der Waals surface area contributed by atoms with Gasteiger partial charge in [0, 0.05) is 6.20 Å². The number of hydrazone groups is 1. The van der Waals surface area contributed by atoms with Crippen LogP contribution in [0.4, 0.5) is 0 Å². The highest BCUT2D eigenvalue weighted by molar-refractivity contribution is 6.32. The molecule has 0 bridgehead atoms. The molecular formula is C14H12ClN3O2. The number of ether oxygens (including phenoxy) is 1. The number of pyridine rings is 1. The molecule has 1 heterocycles. The van der Waals surface area contributed by atoms with Gasteiger partial charge in [-0.3, -0.25) is 9.78 Å². The van der Waals surface area contributed by atoms with Crippen molar-refractivity contribution in [2.24, 2.45) is 5.10 Å². The van der Waals surface area contributed by atoms with Gasteiger partial charge in [-0.25, -0.2) is 5.43 Å². The summed E-state index contributed by atoms with van der Waals surface area (Å²) in [5.74, 6) is 0.0788. The second-order valence-corrected chi connectivity index (χ2v) is 4.17. The van der Waals surface area contributed by atoms with Crippen LogP contribution < -0.4 is 10.2 Å². The highest BCUT2D eigenvalue weighted by Gasteiger charge is 2.03. The number of amides is 1. The van der Waals surface area contributed by atoms with E-state index in [1.54, 1.807) is 42.6 Å². The number of nitrogens with zero attached hydrogens (tertiary/aromatic N) is 2.